The summed E-state index contributed by atoms with van der Waals surface area (Å²) in [6.45, 7) is 1.62. The van der Waals surface area contributed by atoms with Crippen LogP contribution in [0.4, 0.5) is 18.9 Å². The topological polar surface area (TPSA) is 46.2 Å². The first-order valence-electron chi connectivity index (χ1n) is 6.61. The number of carbonyl (C=O) groups is 2. The molecule has 0 aromatic heterocycles. The Bertz CT molecular complexity index is 800. The van der Waals surface area contributed by atoms with E-state index in [1.807, 2.05) is 0 Å². The molecule has 0 radical (unpaired) electrons. The number of hydrogen-bond acceptors (Lipinski definition) is 2. The van der Waals surface area contributed by atoms with Crippen LogP contribution in [0.5, 0.6) is 0 Å². The maximum atomic E-state index is 13.0. The van der Waals surface area contributed by atoms with Crippen LogP contribution in [0, 0.1) is 24.4 Å². The van der Waals surface area contributed by atoms with Crippen LogP contribution in [0.1, 0.15) is 15.9 Å². The van der Waals surface area contributed by atoms with Crippen molar-refractivity contribution in [3.63, 3.8) is 0 Å². The molecule has 2 rings (SSSR count). The van der Waals surface area contributed by atoms with Crippen molar-refractivity contribution in [2.24, 2.45) is 0 Å². The summed E-state index contributed by atoms with van der Waals surface area (Å²) in [5, 5.41) is 2.49. The summed E-state index contributed by atoms with van der Waals surface area (Å²) in [5.74, 6) is -3.87. The monoisotopic (exact) mass is 319 g/mol. The fourth-order valence-corrected chi connectivity index (χ4v) is 1.84. The zero-order chi connectivity index (χ0) is 17.0. The summed E-state index contributed by atoms with van der Waals surface area (Å²) in [7, 11) is 0. The third-order valence-corrected chi connectivity index (χ3v) is 3.04. The highest BCUT2D eigenvalue weighted by Gasteiger charge is 2.08. The van der Waals surface area contributed by atoms with Crippen LogP contribution in [-0.2, 0) is 4.79 Å². The van der Waals surface area contributed by atoms with E-state index >= 15 is 0 Å². The Morgan fingerprint density at radius 2 is 1.70 bits per heavy atom. The molecule has 3 nitrogen and oxygen atoms in total. The normalized spacial score (nSPS) is 10.8. The van der Waals surface area contributed by atoms with Crippen LogP contribution in [-0.4, -0.2) is 11.7 Å². The molecule has 1 N–H and O–H groups in total. The van der Waals surface area contributed by atoms with E-state index in [1.54, 1.807) is 6.92 Å². The third kappa shape index (κ3) is 4.29. The molecule has 2 aromatic carbocycles. The molecule has 1 amide bonds. The average molecular weight is 319 g/mol. The molecule has 118 valence electrons. The van der Waals surface area contributed by atoms with Gasteiger partial charge in [-0.15, -0.1) is 0 Å². The summed E-state index contributed by atoms with van der Waals surface area (Å²) >= 11 is 0. The Kier molecular flexibility index (Phi) is 4.95. The first-order valence-corrected chi connectivity index (χ1v) is 6.61. The second kappa shape index (κ2) is 6.91. The molecule has 0 bridgehead atoms. The highest BCUT2D eigenvalue weighted by Crippen LogP contribution is 2.15. The van der Waals surface area contributed by atoms with Crippen LogP contribution in [0.25, 0.3) is 0 Å². The highest BCUT2D eigenvalue weighted by molar-refractivity contribution is 6.09. The molecule has 6 heteroatoms. The van der Waals surface area contributed by atoms with Gasteiger partial charge in [0.05, 0.1) is 0 Å². The molecule has 0 aliphatic heterocycles. The number of rotatable bonds is 4. The summed E-state index contributed by atoms with van der Waals surface area (Å²) in [6.07, 6.45) is 1.91. The molecule has 0 spiro atoms. The first kappa shape index (κ1) is 16.5. The van der Waals surface area contributed by atoms with Crippen LogP contribution >= 0.6 is 0 Å². The molecule has 2 aromatic rings. The van der Waals surface area contributed by atoms with Crippen molar-refractivity contribution in [3.8, 4) is 0 Å². The lowest BCUT2D eigenvalue weighted by atomic mass is 10.1. The predicted molar refractivity (Wildman–Crippen MR) is 79.6 cm³/mol. The standard InChI is InChI=1S/C17H12F3NO2/c1-10-8-12(18)3-5-15(10)21-17(23)7-6-16(22)11-2-4-13(19)14(20)9-11/h2-9H,1H3,(H,21,23)/b7-6+. The van der Waals surface area contributed by atoms with Gasteiger partial charge >= 0.3 is 0 Å². The van der Waals surface area contributed by atoms with Crippen LogP contribution in [0.2, 0.25) is 0 Å². The number of ketones is 1. The summed E-state index contributed by atoms with van der Waals surface area (Å²) in [5.41, 5.74) is 0.853. The Hall–Kier alpha value is -2.89. The van der Waals surface area contributed by atoms with E-state index in [2.05, 4.69) is 5.32 Å². The quantitative estimate of drug-likeness (QED) is 0.688. The Labute approximate surface area is 130 Å². The number of allylic oxidation sites excluding steroid dienone is 1. The van der Waals surface area contributed by atoms with Gasteiger partial charge in [0, 0.05) is 17.3 Å². The zero-order valence-corrected chi connectivity index (χ0v) is 12.1. The molecule has 0 saturated carbocycles. The van der Waals surface area contributed by atoms with Crippen LogP contribution < -0.4 is 5.32 Å². The molecule has 0 saturated heterocycles. The Balaban J connectivity index is 2.05. The van der Waals surface area contributed by atoms with E-state index in [0.29, 0.717) is 11.3 Å². The minimum Gasteiger partial charge on any atom is -0.322 e. The van der Waals surface area contributed by atoms with E-state index in [9.17, 15) is 22.8 Å². The van der Waals surface area contributed by atoms with Gasteiger partial charge in [0.15, 0.2) is 17.4 Å². The summed E-state index contributed by atoms with van der Waals surface area (Å²) in [6, 6.07) is 6.55. The molecule has 0 heterocycles. The summed E-state index contributed by atoms with van der Waals surface area (Å²) in [4.78, 5) is 23.5. The lowest BCUT2D eigenvalue weighted by Gasteiger charge is -2.05. The number of carbonyl (C=O) groups excluding carboxylic acids is 2. The van der Waals surface area contributed by atoms with Gasteiger partial charge in [0.2, 0.25) is 5.91 Å². The molecule has 0 unspecified atom stereocenters. The van der Waals surface area contributed by atoms with E-state index in [1.165, 1.54) is 18.2 Å². The molecule has 23 heavy (non-hydrogen) atoms. The van der Waals surface area contributed by atoms with Crippen molar-refractivity contribution in [1.82, 2.24) is 0 Å². The Morgan fingerprint density at radius 1 is 0.957 bits per heavy atom. The molecule has 0 fully saturated rings. The van der Waals surface area contributed by atoms with Crippen LogP contribution in [0.15, 0.2) is 48.6 Å². The van der Waals surface area contributed by atoms with Gasteiger partial charge in [-0.2, -0.15) is 0 Å². The van der Waals surface area contributed by atoms with Gasteiger partial charge in [0.1, 0.15) is 5.82 Å². The fraction of sp³-hybridized carbons (Fsp3) is 0.0588. The average Bonchev–Trinajstić information content (AvgIpc) is 2.50. The maximum Gasteiger partial charge on any atom is 0.248 e. The summed E-state index contributed by atoms with van der Waals surface area (Å²) < 4.78 is 38.8. The minimum atomic E-state index is -1.14. The van der Waals surface area contributed by atoms with Gasteiger partial charge in [-0.3, -0.25) is 9.59 Å². The van der Waals surface area contributed by atoms with E-state index < -0.39 is 29.1 Å². The number of hydrogen-bond donors (Lipinski definition) is 1. The van der Waals surface area contributed by atoms with Crippen LogP contribution in [0.3, 0.4) is 0 Å². The highest BCUT2D eigenvalue weighted by atomic mass is 19.2. The molecule has 0 aliphatic rings. The predicted octanol–water partition coefficient (Wildman–Crippen LogP) is 3.79. The number of nitrogens with one attached hydrogen (secondary N) is 1. The lowest BCUT2D eigenvalue weighted by Crippen LogP contribution is -2.10. The maximum absolute atomic E-state index is 13.0. The third-order valence-electron chi connectivity index (χ3n) is 3.04. The number of halogens is 3. The van der Waals surface area contributed by atoms with Gasteiger partial charge in [-0.1, -0.05) is 0 Å². The van der Waals surface area contributed by atoms with Gasteiger partial charge in [-0.05, 0) is 55.0 Å². The van der Waals surface area contributed by atoms with Crippen molar-refractivity contribution in [3.05, 3.63) is 77.1 Å². The zero-order valence-electron chi connectivity index (χ0n) is 12.1. The minimum absolute atomic E-state index is 0.0779. The number of anilines is 1. The Morgan fingerprint density at radius 3 is 2.35 bits per heavy atom. The van der Waals surface area contributed by atoms with Crippen molar-refractivity contribution < 1.29 is 22.8 Å². The van der Waals surface area contributed by atoms with Gasteiger partial charge in [-0.25, -0.2) is 13.2 Å². The molecule has 0 aliphatic carbocycles. The second-order valence-corrected chi connectivity index (χ2v) is 4.77. The SMILES string of the molecule is Cc1cc(F)ccc1NC(=O)/C=C/C(=O)c1ccc(F)c(F)c1. The van der Waals surface area contributed by atoms with Crippen molar-refractivity contribution >= 4 is 17.4 Å². The number of aryl methyl sites for hydroxylation is 1. The van der Waals surface area contributed by atoms with E-state index in [0.717, 1.165) is 30.4 Å². The van der Waals surface area contributed by atoms with E-state index in [4.69, 9.17) is 0 Å². The van der Waals surface area contributed by atoms with E-state index in [-0.39, 0.29) is 5.56 Å². The fourth-order valence-electron chi connectivity index (χ4n) is 1.84. The number of amides is 1. The largest absolute Gasteiger partial charge is 0.322 e. The number of benzene rings is 2. The van der Waals surface area contributed by atoms with Gasteiger partial charge < -0.3 is 5.32 Å². The van der Waals surface area contributed by atoms with Crippen molar-refractivity contribution in [2.75, 3.05) is 5.32 Å². The van der Waals surface area contributed by atoms with Crippen molar-refractivity contribution in [1.29, 1.82) is 0 Å². The smallest absolute Gasteiger partial charge is 0.248 e. The molecule has 0 atom stereocenters. The molecular weight excluding hydrogens is 307 g/mol. The lowest BCUT2D eigenvalue weighted by molar-refractivity contribution is -0.111. The van der Waals surface area contributed by atoms with Crippen molar-refractivity contribution in [2.45, 2.75) is 6.92 Å². The first-order chi connectivity index (χ1) is 10.9. The molecular formula is C17H12F3NO2. The second-order valence-electron chi connectivity index (χ2n) is 4.77. The van der Waals surface area contributed by atoms with Gasteiger partial charge in [0.25, 0.3) is 0 Å².